The second-order valence-corrected chi connectivity index (χ2v) is 20.7. The Bertz CT molecular complexity index is 4440. The lowest BCUT2D eigenvalue weighted by molar-refractivity contribution is -0.130. The third kappa shape index (κ3) is 24.4. The molecule has 11 rings (SSSR count). The van der Waals surface area contributed by atoms with Gasteiger partial charge in [-0.05, 0) is 168 Å². The summed E-state index contributed by atoms with van der Waals surface area (Å²) in [6.07, 6.45) is 6.37. The molecule has 10 aromatic rings. The predicted octanol–water partition coefficient (Wildman–Crippen LogP) is 16.5. The van der Waals surface area contributed by atoms with Crippen LogP contribution in [0.5, 0.6) is 23.0 Å². The van der Waals surface area contributed by atoms with Gasteiger partial charge in [0.1, 0.15) is 89.0 Å². The van der Waals surface area contributed by atoms with E-state index in [0.29, 0.717) is 47.1 Å². The van der Waals surface area contributed by atoms with Gasteiger partial charge in [-0.15, -0.1) is 5.59 Å². The van der Waals surface area contributed by atoms with Gasteiger partial charge in [-0.3, -0.25) is 24.0 Å². The van der Waals surface area contributed by atoms with Crippen molar-refractivity contribution in [2.45, 2.75) is 39.5 Å². The van der Waals surface area contributed by atoms with Crippen molar-refractivity contribution in [1.82, 2.24) is 10.6 Å². The number of nitrogens with one attached hydrogen (secondary N) is 1. The first kappa shape index (κ1) is 75.1. The lowest BCUT2D eigenvalue weighted by Crippen LogP contribution is -2.24. The van der Waals surface area contributed by atoms with E-state index in [-0.39, 0.29) is 46.1 Å². The van der Waals surface area contributed by atoms with Gasteiger partial charge in [-0.1, -0.05) is 121 Å². The van der Waals surface area contributed by atoms with Crippen LogP contribution in [0.25, 0.3) is 12.2 Å². The van der Waals surface area contributed by atoms with Gasteiger partial charge < -0.3 is 24.9 Å². The summed E-state index contributed by atoms with van der Waals surface area (Å²) in [4.78, 5) is 56.8. The fourth-order valence-electron chi connectivity index (χ4n) is 8.83. The van der Waals surface area contributed by atoms with Gasteiger partial charge in [0.2, 0.25) is 5.91 Å². The number of aromatic hydroxyl groups is 2. The van der Waals surface area contributed by atoms with E-state index in [0.717, 1.165) is 102 Å². The Hall–Kier alpha value is -12.0. The molecule has 0 spiro atoms. The molecule has 1 atom stereocenters. The Labute approximate surface area is 558 Å². The van der Waals surface area contributed by atoms with Crippen LogP contribution in [0.2, 0.25) is 0 Å². The first-order valence-electron chi connectivity index (χ1n) is 29.3. The first-order chi connectivity index (χ1) is 47.0. The molecule has 1 aliphatic heterocycles. The van der Waals surface area contributed by atoms with E-state index < -0.39 is 69.9 Å². The number of allylic oxidation sites excluding steroid dienone is 2. The maximum absolute atomic E-state index is 14.0. The monoisotopic (exact) mass is 1340 g/mol. The summed E-state index contributed by atoms with van der Waals surface area (Å²) in [7, 11) is 0. The number of aldehydes is 1. The average molecular weight is 1340 g/mol. The number of hydrazine groups is 1. The molecule has 0 saturated carbocycles. The minimum atomic E-state index is -0.771. The summed E-state index contributed by atoms with van der Waals surface area (Å²) in [6.45, 7) is 3.49. The molecule has 1 aliphatic rings. The minimum absolute atomic E-state index is 0.0407. The molecule has 0 aliphatic carbocycles. The van der Waals surface area contributed by atoms with Crippen LogP contribution >= 0.6 is 0 Å². The molecule has 14 nitrogen and oxygen atoms in total. The van der Waals surface area contributed by atoms with E-state index in [2.05, 4.69) is 10.9 Å². The normalized spacial score (nSPS) is 11.9. The molecule has 502 valence electrons. The van der Waals surface area contributed by atoms with Crippen molar-refractivity contribution in [3.05, 3.63) is 345 Å². The fourth-order valence-corrected chi connectivity index (χ4v) is 8.83. The van der Waals surface area contributed by atoms with Crippen molar-refractivity contribution in [1.29, 1.82) is 0 Å². The molecule has 0 fully saturated rings. The van der Waals surface area contributed by atoms with Gasteiger partial charge >= 0.3 is 0 Å². The molecule has 0 aromatic heterocycles. The number of ketones is 3. The molecule has 6 N–H and O–H groups in total. The van der Waals surface area contributed by atoms with Crippen LogP contribution in [-0.4, -0.2) is 55.7 Å². The van der Waals surface area contributed by atoms with Crippen molar-refractivity contribution < 1.29 is 84.0 Å². The highest BCUT2D eigenvalue weighted by Gasteiger charge is 2.33. The van der Waals surface area contributed by atoms with E-state index >= 15 is 0 Å². The smallest absolute Gasteiger partial charge is 0.240 e. The lowest BCUT2D eigenvalue weighted by atomic mass is 9.98. The molecule has 0 bridgehead atoms. The van der Waals surface area contributed by atoms with Crippen LogP contribution in [0, 0.1) is 46.5 Å². The minimum Gasteiger partial charge on any atom is -0.508 e. The van der Waals surface area contributed by atoms with Crippen molar-refractivity contribution in [2.75, 3.05) is 0 Å². The molecule has 10 aromatic carbocycles. The molecule has 1 unspecified atom stereocenters. The third-order valence-electron chi connectivity index (χ3n) is 13.5. The van der Waals surface area contributed by atoms with E-state index in [9.17, 15) is 69.3 Å². The molecule has 0 saturated heterocycles. The van der Waals surface area contributed by atoms with E-state index in [1.165, 1.54) is 60.9 Å². The Morgan fingerprint density at radius 2 is 0.908 bits per heavy atom. The lowest BCUT2D eigenvalue weighted by Gasteiger charge is -2.20. The van der Waals surface area contributed by atoms with Gasteiger partial charge in [-0.25, -0.2) is 46.0 Å². The van der Waals surface area contributed by atoms with E-state index in [1.807, 2.05) is 78.9 Å². The Balaban J connectivity index is 0.000000196. The van der Waals surface area contributed by atoms with Crippen LogP contribution in [0.3, 0.4) is 0 Å². The molecular formula is C76H62F8N4O10. The number of amides is 1. The van der Waals surface area contributed by atoms with Gasteiger partial charge in [0.25, 0.3) is 0 Å². The highest BCUT2D eigenvalue weighted by Crippen LogP contribution is 2.35. The number of Topliss-reactive ketones (excluding diaryl/α,β-unsaturated/α-hetero) is 1. The number of hydrazone groups is 1. The number of rotatable bonds is 16. The van der Waals surface area contributed by atoms with Gasteiger partial charge in [0, 0.05) is 24.5 Å². The highest BCUT2D eigenvalue weighted by molar-refractivity contribution is 6.08. The van der Waals surface area contributed by atoms with Crippen LogP contribution in [0.4, 0.5) is 35.1 Å². The Morgan fingerprint density at radius 1 is 0.500 bits per heavy atom. The summed E-state index contributed by atoms with van der Waals surface area (Å²) in [5.74, 6) is -1.66. The molecule has 98 heavy (non-hydrogen) atoms. The predicted molar refractivity (Wildman–Crippen MR) is 354 cm³/mol. The zero-order valence-corrected chi connectivity index (χ0v) is 52.2. The number of phenols is 2. The summed E-state index contributed by atoms with van der Waals surface area (Å²) < 4.78 is 117. The number of nitrogens with zero attached hydrogens (tertiary/aromatic N) is 2. The summed E-state index contributed by atoms with van der Waals surface area (Å²) in [6, 6.07) is 57.7. The number of benzene rings is 10. The number of phenolic OH excluding ortho intramolecular Hbond substituents is 2. The zero-order valence-electron chi connectivity index (χ0n) is 52.2. The van der Waals surface area contributed by atoms with Gasteiger partial charge in [0.15, 0.2) is 17.3 Å². The molecule has 0 radical (unpaired) electrons. The standard InChI is InChI=1S/C22H16F2O2.C17H14F2N2O2.C15H10F2O2.C14H12O2.C8H6F2O.H4N2O/c23-18-10-11-21(24)20(14-18)22(25)12-9-16-7-4-8-19(13-16)26-15-17-5-2-1-3-6-17;1-10(22)21-17(11-3-2-4-13(23)7-11)9-16(20-21)14-8-12(18)5-6-15(14)19;16-11-5-6-14(17)13(9-11)15(19)7-4-10-2-1-3-12(18)8-10;15-10-13-7-4-8-14(9-13)16-11-12-5-2-1-3-6-12;1-5(11)7-4-6(9)2-3-8(7)10;1-2-3/h1-14H,15H2;2-8,17,23H,9H2,1H3;1-9,18H;1-10H,11H2;2-4H,1H3;2-3H,1H2/b12-9+;;7-4+;;;. The zero-order chi connectivity index (χ0) is 71.1. The molecular weight excluding hydrogens is 1280 g/mol. The van der Waals surface area contributed by atoms with E-state index in [1.54, 1.807) is 60.7 Å². The van der Waals surface area contributed by atoms with Gasteiger partial charge in [-0.2, -0.15) is 5.10 Å². The first-order valence-corrected chi connectivity index (χ1v) is 29.3. The van der Waals surface area contributed by atoms with Gasteiger partial charge in [0.05, 0.1) is 28.4 Å². The van der Waals surface area contributed by atoms with Crippen molar-refractivity contribution in [3.8, 4) is 23.0 Å². The maximum atomic E-state index is 14.0. The van der Waals surface area contributed by atoms with Crippen LogP contribution < -0.4 is 20.9 Å². The number of halogens is 8. The molecule has 1 heterocycles. The molecule has 22 heteroatoms. The average Bonchev–Trinajstić information content (AvgIpc) is 1.65. The third-order valence-corrected chi connectivity index (χ3v) is 13.5. The van der Waals surface area contributed by atoms with Crippen LogP contribution in [0.15, 0.2) is 248 Å². The number of hydrogen-bond acceptors (Lipinski definition) is 13. The SMILES string of the molecule is CC(=O)N1N=C(c2cc(F)ccc2F)CC1c1cccc(O)c1.CC(=O)c1cc(F)ccc1F.NNO.O=C(/C=C/c1cccc(O)c1)c1cc(F)ccc1F.O=C(/C=C/c1cccc(OCc2ccccc2)c1)c1cc(F)ccc1F.O=Cc1cccc(OCc2ccccc2)c1. The van der Waals surface area contributed by atoms with Crippen LogP contribution in [-0.2, 0) is 18.0 Å². The second-order valence-electron chi connectivity index (χ2n) is 20.7. The topological polar surface area (TPSA) is 218 Å². The number of carbonyl (C=O) groups excluding carboxylic acids is 5. The maximum Gasteiger partial charge on any atom is 0.240 e. The quantitative estimate of drug-likeness (QED) is 0.0152. The number of hydrogen-bond donors (Lipinski definition) is 5. The van der Waals surface area contributed by atoms with E-state index in [4.69, 9.17) is 14.7 Å². The molecule has 1 amide bonds. The van der Waals surface area contributed by atoms with Crippen molar-refractivity contribution in [2.24, 2.45) is 10.9 Å². The van der Waals surface area contributed by atoms with Crippen molar-refractivity contribution in [3.63, 3.8) is 0 Å². The van der Waals surface area contributed by atoms with Crippen LogP contribution in [0.1, 0.15) is 101 Å². The largest absolute Gasteiger partial charge is 0.508 e. The Morgan fingerprint density at radius 3 is 1.36 bits per heavy atom. The Kier molecular flexibility index (Phi) is 29.4. The highest BCUT2D eigenvalue weighted by atomic mass is 19.2. The fraction of sp³-hybridized carbons (Fsp3) is 0.0789. The van der Waals surface area contributed by atoms with Crippen molar-refractivity contribution >= 4 is 47.4 Å². The number of nitrogens with two attached hydrogens (primary N) is 1. The summed E-state index contributed by atoms with van der Waals surface area (Å²) in [5, 5.41) is 31.3. The summed E-state index contributed by atoms with van der Waals surface area (Å²) >= 11 is 0. The number of carbonyl (C=O) groups is 5. The summed E-state index contributed by atoms with van der Waals surface area (Å²) in [5.41, 5.74) is 5.54. The number of ether oxygens (including phenoxy) is 2. The second kappa shape index (κ2) is 38.4.